The Hall–Kier alpha value is -2.15. The number of carbonyl (C=O) groups excluding carboxylic acids is 1. The second-order valence-electron chi connectivity index (χ2n) is 5.15. The number of aromatic nitrogens is 1. The van der Waals surface area contributed by atoms with Crippen LogP contribution in [0.3, 0.4) is 0 Å². The lowest BCUT2D eigenvalue weighted by atomic mass is 10.0. The van der Waals surface area contributed by atoms with Crippen LogP contribution >= 0.6 is 11.6 Å². The van der Waals surface area contributed by atoms with E-state index < -0.39 is 11.9 Å². The number of anilines is 1. The molecule has 3 N–H and O–H groups in total. The normalized spacial score (nSPS) is 17.4. The van der Waals surface area contributed by atoms with Crippen molar-refractivity contribution in [3.8, 4) is 11.5 Å². The molecule has 2 heterocycles. The minimum absolute atomic E-state index is 0.175. The first kappa shape index (κ1) is 14.8. The number of nitrogens with zero attached hydrogens (tertiary/aromatic N) is 2. The quantitative estimate of drug-likeness (QED) is 0.830. The van der Waals surface area contributed by atoms with E-state index in [1.54, 1.807) is 18.2 Å². The lowest BCUT2D eigenvalue weighted by Gasteiger charge is -2.26. The number of aryl methyl sites for hydroxylation is 1. The van der Waals surface area contributed by atoms with E-state index in [0.29, 0.717) is 27.1 Å². The summed E-state index contributed by atoms with van der Waals surface area (Å²) in [5, 5.41) is 10.7. The van der Waals surface area contributed by atoms with Crippen molar-refractivity contribution in [2.45, 2.75) is 19.4 Å². The van der Waals surface area contributed by atoms with Gasteiger partial charge in [-0.2, -0.15) is 5.06 Å². The summed E-state index contributed by atoms with van der Waals surface area (Å²) < 4.78 is 5.71. The molecule has 0 unspecified atom stereocenters. The molecule has 3 rings (SSSR count). The van der Waals surface area contributed by atoms with E-state index in [9.17, 15) is 10.0 Å². The van der Waals surface area contributed by atoms with Gasteiger partial charge in [0.05, 0.1) is 17.3 Å². The predicted octanol–water partition coefficient (Wildman–Crippen LogP) is 2.44. The highest BCUT2D eigenvalue weighted by Gasteiger charge is 2.31. The van der Waals surface area contributed by atoms with Crippen LogP contribution in [0.2, 0.25) is 5.02 Å². The summed E-state index contributed by atoms with van der Waals surface area (Å²) in [6, 6.07) is 6.35. The van der Waals surface area contributed by atoms with Crippen molar-refractivity contribution in [1.29, 1.82) is 0 Å². The third-order valence-corrected chi connectivity index (χ3v) is 3.69. The molecule has 0 bridgehead atoms. The van der Waals surface area contributed by atoms with Gasteiger partial charge in [0, 0.05) is 12.0 Å². The van der Waals surface area contributed by atoms with Gasteiger partial charge in [0.1, 0.15) is 11.5 Å². The van der Waals surface area contributed by atoms with Crippen molar-refractivity contribution >= 4 is 23.3 Å². The predicted molar refractivity (Wildman–Crippen MR) is 81.5 cm³/mol. The van der Waals surface area contributed by atoms with E-state index in [1.807, 2.05) is 13.0 Å². The Morgan fingerprint density at radius 3 is 2.95 bits per heavy atom. The lowest BCUT2D eigenvalue weighted by Crippen LogP contribution is -2.47. The van der Waals surface area contributed by atoms with Crippen molar-refractivity contribution in [3.05, 3.63) is 46.6 Å². The molecule has 2 aromatic rings. The fourth-order valence-corrected chi connectivity index (χ4v) is 2.55. The third-order valence-electron chi connectivity index (χ3n) is 3.40. The molecule has 1 atom stereocenters. The number of ether oxygens (including phenoxy) is 1. The number of halogens is 1. The average molecular weight is 320 g/mol. The van der Waals surface area contributed by atoms with Crippen LogP contribution in [0.25, 0.3) is 0 Å². The van der Waals surface area contributed by atoms with E-state index in [-0.39, 0.29) is 12.2 Å². The number of carbonyl (C=O) groups is 1. The summed E-state index contributed by atoms with van der Waals surface area (Å²) in [6.07, 6.45) is 1.71. The van der Waals surface area contributed by atoms with Crippen molar-refractivity contribution in [2.75, 3.05) is 5.06 Å². The topological polar surface area (TPSA) is 88.7 Å². The number of nitrogens with two attached hydrogens (primary N) is 1. The molecule has 114 valence electrons. The Bertz CT molecular complexity index is 751. The second-order valence-corrected chi connectivity index (χ2v) is 5.56. The van der Waals surface area contributed by atoms with Gasteiger partial charge >= 0.3 is 0 Å². The van der Waals surface area contributed by atoms with E-state index in [0.717, 1.165) is 5.56 Å². The Kier molecular flexibility index (Phi) is 3.74. The molecule has 1 aromatic heterocycles. The van der Waals surface area contributed by atoms with Gasteiger partial charge in [-0.25, -0.2) is 4.98 Å². The lowest BCUT2D eigenvalue weighted by molar-refractivity contribution is -0.125. The number of benzene rings is 1. The first-order chi connectivity index (χ1) is 10.5. The zero-order valence-corrected chi connectivity index (χ0v) is 12.5. The summed E-state index contributed by atoms with van der Waals surface area (Å²) in [5.74, 6) is 0.565. The van der Waals surface area contributed by atoms with Gasteiger partial charge in [0.15, 0.2) is 5.82 Å². The zero-order chi connectivity index (χ0) is 15.9. The fourth-order valence-electron chi connectivity index (χ4n) is 2.28. The maximum absolute atomic E-state index is 11.6. The minimum Gasteiger partial charge on any atom is -0.454 e. The molecular weight excluding hydrogens is 306 g/mol. The van der Waals surface area contributed by atoms with Gasteiger partial charge in [-0.15, -0.1) is 0 Å². The number of fused-ring (bicyclic) bond motifs is 1. The van der Waals surface area contributed by atoms with Crippen LogP contribution in [0.5, 0.6) is 11.5 Å². The molecular formula is C15H14ClN3O3. The molecule has 0 aliphatic carbocycles. The maximum Gasteiger partial charge on any atom is 0.269 e. The molecule has 0 fully saturated rings. The highest BCUT2D eigenvalue weighted by atomic mass is 35.5. The highest BCUT2D eigenvalue weighted by Crippen LogP contribution is 2.33. The number of pyridine rings is 1. The smallest absolute Gasteiger partial charge is 0.269 e. The number of hydrogen-bond acceptors (Lipinski definition) is 5. The summed E-state index contributed by atoms with van der Waals surface area (Å²) in [7, 11) is 0. The monoisotopic (exact) mass is 319 g/mol. The van der Waals surface area contributed by atoms with Crippen LogP contribution in [-0.2, 0) is 11.2 Å². The molecule has 0 radical (unpaired) electrons. The minimum atomic E-state index is -0.794. The van der Waals surface area contributed by atoms with Crippen LogP contribution in [-0.4, -0.2) is 22.1 Å². The maximum atomic E-state index is 11.6. The molecule has 22 heavy (non-hydrogen) atoms. The summed E-state index contributed by atoms with van der Waals surface area (Å²) >= 11 is 6.13. The number of amides is 1. The summed E-state index contributed by atoms with van der Waals surface area (Å²) in [4.78, 5) is 15.7. The summed E-state index contributed by atoms with van der Waals surface area (Å²) in [5.41, 5.74) is 7.35. The molecule has 1 amide bonds. The van der Waals surface area contributed by atoms with Crippen molar-refractivity contribution in [1.82, 2.24) is 4.98 Å². The van der Waals surface area contributed by atoms with Gasteiger partial charge < -0.3 is 10.5 Å². The number of hydrogen-bond donors (Lipinski definition) is 2. The van der Waals surface area contributed by atoms with E-state index in [2.05, 4.69) is 4.98 Å². The van der Waals surface area contributed by atoms with Gasteiger partial charge in [-0.3, -0.25) is 10.0 Å². The first-order valence-electron chi connectivity index (χ1n) is 6.67. The average Bonchev–Trinajstić information content (AvgIpc) is 2.48. The van der Waals surface area contributed by atoms with Crippen LogP contribution < -0.4 is 15.5 Å². The molecule has 1 aromatic carbocycles. The van der Waals surface area contributed by atoms with Gasteiger partial charge in [-0.05, 0) is 30.7 Å². The zero-order valence-electron chi connectivity index (χ0n) is 11.8. The standard InChI is InChI=1S/C15H14ClN3O3/c1-8-2-3-13(11(16)4-8)22-10-5-9-6-12(17)15(20)19(21)14(9)18-7-10/h2-5,7,12,21H,6,17H2,1H3/t12-/m0/s1. The Morgan fingerprint density at radius 2 is 2.23 bits per heavy atom. The highest BCUT2D eigenvalue weighted by molar-refractivity contribution is 6.32. The largest absolute Gasteiger partial charge is 0.454 e. The number of rotatable bonds is 2. The number of hydroxylamine groups is 1. The fraction of sp³-hybridized carbons (Fsp3) is 0.200. The van der Waals surface area contributed by atoms with Gasteiger partial charge in [-0.1, -0.05) is 17.7 Å². The van der Waals surface area contributed by atoms with Crippen molar-refractivity contribution in [2.24, 2.45) is 5.73 Å². The van der Waals surface area contributed by atoms with E-state index in [4.69, 9.17) is 22.1 Å². The third kappa shape index (κ3) is 2.64. The Labute approximate surface area is 132 Å². The van der Waals surface area contributed by atoms with E-state index in [1.165, 1.54) is 6.20 Å². The van der Waals surface area contributed by atoms with Crippen molar-refractivity contribution < 1.29 is 14.7 Å². The van der Waals surface area contributed by atoms with Crippen molar-refractivity contribution in [3.63, 3.8) is 0 Å². The van der Waals surface area contributed by atoms with Crippen LogP contribution in [0.4, 0.5) is 5.82 Å². The Balaban J connectivity index is 1.91. The van der Waals surface area contributed by atoms with Crippen LogP contribution in [0.15, 0.2) is 30.5 Å². The van der Waals surface area contributed by atoms with E-state index >= 15 is 0 Å². The Morgan fingerprint density at radius 1 is 1.45 bits per heavy atom. The van der Waals surface area contributed by atoms with Gasteiger partial charge in [0.2, 0.25) is 0 Å². The molecule has 0 saturated carbocycles. The molecule has 6 nitrogen and oxygen atoms in total. The SMILES string of the molecule is Cc1ccc(Oc2cnc3c(c2)C[C@H](N)C(=O)N3O)c(Cl)c1. The molecule has 0 spiro atoms. The molecule has 1 aliphatic heterocycles. The van der Waals surface area contributed by atoms with Crippen LogP contribution in [0.1, 0.15) is 11.1 Å². The summed E-state index contributed by atoms with van der Waals surface area (Å²) in [6.45, 7) is 1.93. The van der Waals surface area contributed by atoms with Crippen LogP contribution in [0, 0.1) is 6.92 Å². The second kappa shape index (κ2) is 5.57. The first-order valence-corrected chi connectivity index (χ1v) is 7.05. The molecule has 7 heteroatoms. The molecule has 0 saturated heterocycles. The van der Waals surface area contributed by atoms with Gasteiger partial charge in [0.25, 0.3) is 5.91 Å². The molecule has 1 aliphatic rings.